The number of rotatable bonds is 3. The molecule has 0 aromatic carbocycles. The van der Waals surface area contributed by atoms with Crippen LogP contribution in [0.3, 0.4) is 0 Å². The van der Waals surface area contributed by atoms with E-state index in [1.807, 2.05) is 0 Å². The molecular formula is C7H10F2O2. The highest BCUT2D eigenvalue weighted by Crippen LogP contribution is 2.37. The van der Waals surface area contributed by atoms with Crippen molar-refractivity contribution in [3.63, 3.8) is 0 Å². The molecule has 0 unspecified atom stereocenters. The van der Waals surface area contributed by atoms with Crippen LogP contribution < -0.4 is 0 Å². The third kappa shape index (κ3) is 2.22. The summed E-state index contributed by atoms with van der Waals surface area (Å²) in [6.07, 6.45) is 0.749. The Morgan fingerprint density at radius 3 is 2.55 bits per heavy atom. The lowest BCUT2D eigenvalue weighted by Crippen LogP contribution is -2.39. The summed E-state index contributed by atoms with van der Waals surface area (Å²) in [4.78, 5) is 10.5. The zero-order valence-electron chi connectivity index (χ0n) is 6.27. The summed E-state index contributed by atoms with van der Waals surface area (Å²) >= 11 is 0. The number of ketones is 1. The van der Waals surface area contributed by atoms with Crippen LogP contribution in [0.1, 0.15) is 19.8 Å². The molecule has 0 radical (unpaired) electrons. The van der Waals surface area contributed by atoms with Crippen molar-refractivity contribution in [3.05, 3.63) is 0 Å². The molecule has 1 aliphatic rings. The minimum Gasteiger partial charge on any atom is -0.322 e. The first-order chi connectivity index (χ1) is 5.02. The summed E-state index contributed by atoms with van der Waals surface area (Å²) in [5.41, 5.74) is -0.326. The topological polar surface area (TPSA) is 26.3 Å². The van der Waals surface area contributed by atoms with Crippen LogP contribution in [-0.4, -0.2) is 19.0 Å². The number of ether oxygens (including phenoxy) is 1. The molecule has 1 saturated carbocycles. The highest BCUT2D eigenvalue weighted by Gasteiger charge is 2.39. The van der Waals surface area contributed by atoms with Gasteiger partial charge in [0.2, 0.25) is 0 Å². The van der Waals surface area contributed by atoms with Gasteiger partial charge in [-0.25, -0.2) is 0 Å². The molecule has 0 spiro atoms. The predicted molar refractivity (Wildman–Crippen MR) is 34.3 cm³/mol. The van der Waals surface area contributed by atoms with Gasteiger partial charge in [-0.05, 0) is 0 Å². The lowest BCUT2D eigenvalue weighted by molar-refractivity contribution is -0.167. The average Bonchev–Trinajstić information content (AvgIpc) is 1.81. The molecule has 0 amide bonds. The van der Waals surface area contributed by atoms with Crippen molar-refractivity contribution >= 4 is 5.78 Å². The predicted octanol–water partition coefficient (Wildman–Crippen LogP) is 1.59. The lowest BCUT2D eigenvalue weighted by Gasteiger charge is -2.36. The van der Waals surface area contributed by atoms with Crippen LogP contribution in [-0.2, 0) is 9.53 Å². The molecule has 0 heterocycles. The van der Waals surface area contributed by atoms with Crippen molar-refractivity contribution in [1.29, 1.82) is 0 Å². The van der Waals surface area contributed by atoms with E-state index in [2.05, 4.69) is 4.74 Å². The van der Waals surface area contributed by atoms with Crippen molar-refractivity contribution in [1.82, 2.24) is 0 Å². The fourth-order valence-electron chi connectivity index (χ4n) is 1.27. The van der Waals surface area contributed by atoms with Gasteiger partial charge in [-0.3, -0.25) is 4.79 Å². The number of alkyl halides is 2. The Morgan fingerprint density at radius 2 is 2.18 bits per heavy atom. The van der Waals surface area contributed by atoms with E-state index in [0.29, 0.717) is 12.8 Å². The Bertz CT molecular complexity index is 160. The Kier molecular flexibility index (Phi) is 2.23. The SMILES string of the molecule is CC1(COC(F)F)CC(=O)C1. The van der Waals surface area contributed by atoms with Gasteiger partial charge in [0.15, 0.2) is 0 Å². The third-order valence-corrected chi connectivity index (χ3v) is 1.81. The van der Waals surface area contributed by atoms with Crippen molar-refractivity contribution in [2.45, 2.75) is 26.4 Å². The number of hydrogen-bond donors (Lipinski definition) is 0. The maximum Gasteiger partial charge on any atom is 0.345 e. The lowest BCUT2D eigenvalue weighted by atomic mass is 9.70. The van der Waals surface area contributed by atoms with Gasteiger partial charge in [-0.2, -0.15) is 8.78 Å². The molecule has 64 valence electrons. The number of hydrogen-bond acceptors (Lipinski definition) is 2. The molecular weight excluding hydrogens is 154 g/mol. The fraction of sp³-hybridized carbons (Fsp3) is 0.857. The van der Waals surface area contributed by atoms with Gasteiger partial charge in [-0.15, -0.1) is 0 Å². The Balaban J connectivity index is 2.21. The first-order valence-corrected chi connectivity index (χ1v) is 3.43. The Labute approximate surface area is 63.5 Å². The van der Waals surface area contributed by atoms with Gasteiger partial charge in [0.25, 0.3) is 0 Å². The molecule has 0 N–H and O–H groups in total. The smallest absolute Gasteiger partial charge is 0.322 e. The van der Waals surface area contributed by atoms with Crippen molar-refractivity contribution in [3.8, 4) is 0 Å². The molecule has 0 aliphatic heterocycles. The van der Waals surface area contributed by atoms with Crippen LogP contribution in [0.2, 0.25) is 0 Å². The first kappa shape index (κ1) is 8.59. The highest BCUT2D eigenvalue weighted by molar-refractivity contribution is 5.85. The average molecular weight is 164 g/mol. The molecule has 1 aliphatic carbocycles. The third-order valence-electron chi connectivity index (χ3n) is 1.81. The summed E-state index contributed by atoms with van der Waals surface area (Å²) < 4.78 is 27.1. The quantitative estimate of drug-likeness (QED) is 0.633. The molecule has 11 heavy (non-hydrogen) atoms. The number of carbonyl (C=O) groups excluding carboxylic acids is 1. The molecule has 0 aromatic rings. The monoisotopic (exact) mass is 164 g/mol. The molecule has 0 atom stereocenters. The van der Waals surface area contributed by atoms with Gasteiger partial charge >= 0.3 is 6.61 Å². The molecule has 0 saturated heterocycles. The second kappa shape index (κ2) is 2.85. The van der Waals surface area contributed by atoms with E-state index >= 15 is 0 Å². The molecule has 1 rings (SSSR count). The van der Waals surface area contributed by atoms with Crippen molar-refractivity contribution in [2.24, 2.45) is 5.41 Å². The van der Waals surface area contributed by atoms with E-state index in [1.165, 1.54) is 0 Å². The van der Waals surface area contributed by atoms with Crippen LogP contribution in [0.5, 0.6) is 0 Å². The van der Waals surface area contributed by atoms with Gasteiger partial charge in [0.1, 0.15) is 5.78 Å². The zero-order valence-corrected chi connectivity index (χ0v) is 6.27. The van der Waals surface area contributed by atoms with Gasteiger partial charge in [-0.1, -0.05) is 6.92 Å². The van der Waals surface area contributed by atoms with E-state index in [0.717, 1.165) is 0 Å². The van der Waals surface area contributed by atoms with Crippen LogP contribution in [0.4, 0.5) is 8.78 Å². The van der Waals surface area contributed by atoms with Crippen LogP contribution in [0.25, 0.3) is 0 Å². The van der Waals surface area contributed by atoms with E-state index in [9.17, 15) is 13.6 Å². The van der Waals surface area contributed by atoms with Gasteiger partial charge in [0, 0.05) is 18.3 Å². The molecule has 0 bridgehead atoms. The molecule has 1 fully saturated rings. The molecule has 4 heteroatoms. The standard InChI is InChI=1S/C7H10F2O2/c1-7(2-5(10)3-7)4-11-6(8)9/h6H,2-4H2,1H3. The van der Waals surface area contributed by atoms with Crippen LogP contribution in [0, 0.1) is 5.41 Å². The van der Waals surface area contributed by atoms with E-state index in [-0.39, 0.29) is 17.8 Å². The Morgan fingerprint density at radius 1 is 1.64 bits per heavy atom. The number of carbonyl (C=O) groups is 1. The van der Waals surface area contributed by atoms with E-state index in [1.54, 1.807) is 6.92 Å². The summed E-state index contributed by atoms with van der Waals surface area (Å²) in [5.74, 6) is 0.130. The fourth-order valence-corrected chi connectivity index (χ4v) is 1.27. The zero-order chi connectivity index (χ0) is 8.48. The molecule has 0 aromatic heterocycles. The van der Waals surface area contributed by atoms with E-state index < -0.39 is 6.61 Å². The maximum atomic E-state index is 11.5. The summed E-state index contributed by atoms with van der Waals surface area (Å²) in [7, 11) is 0. The normalized spacial score (nSPS) is 22.0. The second-order valence-electron chi connectivity index (χ2n) is 3.27. The molecule has 2 nitrogen and oxygen atoms in total. The summed E-state index contributed by atoms with van der Waals surface area (Å²) in [6, 6.07) is 0. The summed E-state index contributed by atoms with van der Waals surface area (Å²) in [6.45, 7) is -0.963. The number of halogens is 2. The second-order valence-corrected chi connectivity index (χ2v) is 3.27. The van der Waals surface area contributed by atoms with Crippen molar-refractivity contribution < 1.29 is 18.3 Å². The van der Waals surface area contributed by atoms with Crippen LogP contribution in [0.15, 0.2) is 0 Å². The van der Waals surface area contributed by atoms with Crippen molar-refractivity contribution in [2.75, 3.05) is 6.61 Å². The van der Waals surface area contributed by atoms with Gasteiger partial charge in [0.05, 0.1) is 6.61 Å². The number of Topliss-reactive ketones (excluding diaryl/α,β-unsaturated/α-hetero) is 1. The minimum absolute atomic E-state index is 0.0175. The van der Waals surface area contributed by atoms with Crippen LogP contribution >= 0.6 is 0 Å². The Hall–Kier alpha value is -0.510. The van der Waals surface area contributed by atoms with E-state index in [4.69, 9.17) is 0 Å². The summed E-state index contributed by atoms with van der Waals surface area (Å²) in [5, 5.41) is 0. The minimum atomic E-state index is -2.72. The highest BCUT2D eigenvalue weighted by atomic mass is 19.3. The maximum absolute atomic E-state index is 11.5. The first-order valence-electron chi connectivity index (χ1n) is 3.43. The van der Waals surface area contributed by atoms with Gasteiger partial charge < -0.3 is 4.74 Å². The largest absolute Gasteiger partial charge is 0.345 e.